The molecule has 1 aromatic heterocycles. The fraction of sp³-hybridized carbons (Fsp3) is 0.357. The van der Waals surface area contributed by atoms with Crippen molar-refractivity contribution in [1.82, 2.24) is 4.98 Å². The summed E-state index contributed by atoms with van der Waals surface area (Å²) in [5.41, 5.74) is 2.42. The summed E-state index contributed by atoms with van der Waals surface area (Å²) in [5, 5.41) is 4.09. The number of halogens is 1. The third-order valence-electron chi connectivity index (χ3n) is 2.62. The topological polar surface area (TPSA) is 12.9 Å². The molecular weight excluding hydrogens is 250 g/mol. The van der Waals surface area contributed by atoms with Crippen molar-refractivity contribution in [2.45, 2.75) is 32.6 Å². The van der Waals surface area contributed by atoms with Gasteiger partial charge >= 0.3 is 0 Å². The van der Waals surface area contributed by atoms with Crippen LogP contribution in [0.2, 0.25) is 5.02 Å². The molecule has 0 N–H and O–H groups in total. The summed E-state index contributed by atoms with van der Waals surface area (Å²) in [6.45, 7) is 6.55. The fourth-order valence-electron chi connectivity index (χ4n) is 1.54. The van der Waals surface area contributed by atoms with Gasteiger partial charge in [0.25, 0.3) is 0 Å². The van der Waals surface area contributed by atoms with Gasteiger partial charge in [0.1, 0.15) is 0 Å². The van der Waals surface area contributed by atoms with E-state index in [4.69, 9.17) is 11.6 Å². The predicted molar refractivity (Wildman–Crippen MR) is 75.1 cm³/mol. The maximum atomic E-state index is 6.15. The Morgan fingerprint density at radius 2 is 1.94 bits per heavy atom. The Bertz CT molecular complexity index is 511. The first-order valence-electron chi connectivity index (χ1n) is 5.65. The Morgan fingerprint density at radius 1 is 1.24 bits per heavy atom. The van der Waals surface area contributed by atoms with Crippen LogP contribution < -0.4 is 0 Å². The maximum absolute atomic E-state index is 6.15. The molecule has 17 heavy (non-hydrogen) atoms. The van der Waals surface area contributed by atoms with E-state index >= 15 is 0 Å². The molecule has 0 aliphatic carbocycles. The van der Waals surface area contributed by atoms with Gasteiger partial charge in [0.05, 0.1) is 10.7 Å². The highest BCUT2D eigenvalue weighted by atomic mass is 35.5. The minimum absolute atomic E-state index is 0.120. The highest BCUT2D eigenvalue weighted by molar-refractivity contribution is 7.09. The van der Waals surface area contributed by atoms with E-state index < -0.39 is 0 Å². The molecule has 1 heterocycles. The average Bonchev–Trinajstić information content (AvgIpc) is 2.69. The van der Waals surface area contributed by atoms with Crippen molar-refractivity contribution in [1.29, 1.82) is 0 Å². The van der Waals surface area contributed by atoms with Crippen molar-refractivity contribution < 1.29 is 0 Å². The van der Waals surface area contributed by atoms with Crippen molar-refractivity contribution in [2.75, 3.05) is 0 Å². The third kappa shape index (κ3) is 3.08. The molecule has 0 unspecified atom stereocenters. The van der Waals surface area contributed by atoms with Gasteiger partial charge in [-0.25, -0.2) is 4.98 Å². The number of thiazole rings is 1. The number of nitrogens with zero attached hydrogens (tertiary/aromatic N) is 1. The van der Waals surface area contributed by atoms with Crippen molar-refractivity contribution in [3.8, 4) is 0 Å². The second kappa shape index (κ2) is 4.79. The minimum Gasteiger partial charge on any atom is -0.245 e. The van der Waals surface area contributed by atoms with Crippen molar-refractivity contribution in [3.63, 3.8) is 0 Å². The number of hydrogen-bond donors (Lipinski definition) is 0. The fourth-order valence-corrected chi connectivity index (χ4v) is 2.79. The quantitative estimate of drug-likeness (QED) is 0.768. The van der Waals surface area contributed by atoms with E-state index in [1.54, 1.807) is 11.3 Å². The molecule has 0 fully saturated rings. The molecule has 1 aromatic carbocycles. The lowest BCUT2D eigenvalue weighted by Crippen LogP contribution is -2.11. The molecule has 90 valence electrons. The van der Waals surface area contributed by atoms with E-state index in [1.165, 1.54) is 0 Å². The van der Waals surface area contributed by atoms with Crippen molar-refractivity contribution >= 4 is 22.9 Å². The van der Waals surface area contributed by atoms with Gasteiger partial charge in [0.15, 0.2) is 0 Å². The van der Waals surface area contributed by atoms with Crippen LogP contribution in [0.4, 0.5) is 0 Å². The number of aromatic nitrogens is 1. The van der Waals surface area contributed by atoms with Crippen LogP contribution in [0.3, 0.4) is 0 Å². The molecule has 2 aromatic rings. The van der Waals surface area contributed by atoms with Gasteiger partial charge in [-0.2, -0.15) is 0 Å². The third-order valence-corrected chi connectivity index (χ3v) is 3.84. The largest absolute Gasteiger partial charge is 0.245 e. The van der Waals surface area contributed by atoms with Crippen LogP contribution >= 0.6 is 22.9 Å². The summed E-state index contributed by atoms with van der Waals surface area (Å²) in [4.78, 5) is 4.68. The molecule has 0 bridgehead atoms. The summed E-state index contributed by atoms with van der Waals surface area (Å²) in [7, 11) is 0. The zero-order chi connectivity index (χ0) is 12.5. The Balaban J connectivity index is 2.21. The summed E-state index contributed by atoms with van der Waals surface area (Å²) in [6, 6.07) is 7.95. The SMILES string of the molecule is CC(C)(C)c1csc(Cc2ccccc2Cl)n1. The van der Waals surface area contributed by atoms with Crippen LogP contribution in [-0.4, -0.2) is 4.98 Å². The molecule has 0 saturated heterocycles. The molecule has 0 saturated carbocycles. The minimum atomic E-state index is 0.120. The summed E-state index contributed by atoms with van der Waals surface area (Å²) in [6.07, 6.45) is 0.820. The Labute approximate surface area is 111 Å². The number of benzene rings is 1. The van der Waals surface area contributed by atoms with Crippen LogP contribution in [-0.2, 0) is 11.8 Å². The monoisotopic (exact) mass is 265 g/mol. The molecule has 0 spiro atoms. The van der Waals surface area contributed by atoms with E-state index in [1.807, 2.05) is 18.2 Å². The molecular formula is C14H16ClNS. The lowest BCUT2D eigenvalue weighted by atomic mass is 9.93. The zero-order valence-electron chi connectivity index (χ0n) is 10.3. The van der Waals surface area contributed by atoms with Gasteiger partial charge in [-0.1, -0.05) is 50.6 Å². The van der Waals surface area contributed by atoms with Gasteiger partial charge < -0.3 is 0 Å². The maximum Gasteiger partial charge on any atom is 0.0972 e. The highest BCUT2D eigenvalue weighted by Crippen LogP contribution is 2.26. The lowest BCUT2D eigenvalue weighted by molar-refractivity contribution is 0.571. The smallest absolute Gasteiger partial charge is 0.0972 e. The first-order valence-corrected chi connectivity index (χ1v) is 6.91. The predicted octanol–water partition coefficient (Wildman–Crippen LogP) is 4.68. The Morgan fingerprint density at radius 3 is 2.53 bits per heavy atom. The number of rotatable bonds is 2. The van der Waals surface area contributed by atoms with E-state index in [0.29, 0.717) is 0 Å². The molecule has 3 heteroatoms. The zero-order valence-corrected chi connectivity index (χ0v) is 11.9. The van der Waals surface area contributed by atoms with E-state index in [9.17, 15) is 0 Å². The molecule has 1 nitrogen and oxygen atoms in total. The highest BCUT2D eigenvalue weighted by Gasteiger charge is 2.17. The average molecular weight is 266 g/mol. The van der Waals surface area contributed by atoms with Gasteiger partial charge in [-0.15, -0.1) is 11.3 Å². The summed E-state index contributed by atoms with van der Waals surface area (Å²) >= 11 is 7.86. The molecule has 0 radical (unpaired) electrons. The molecule has 0 atom stereocenters. The van der Waals surface area contributed by atoms with Crippen LogP contribution in [0.15, 0.2) is 29.6 Å². The standard InChI is InChI=1S/C14H16ClNS/c1-14(2,3)12-9-17-13(16-12)8-10-6-4-5-7-11(10)15/h4-7,9H,8H2,1-3H3. The Kier molecular flexibility index (Phi) is 3.55. The van der Waals surface area contributed by atoms with Gasteiger partial charge in [0, 0.05) is 22.2 Å². The Hall–Kier alpha value is -0.860. The van der Waals surface area contributed by atoms with E-state index in [2.05, 4.69) is 37.2 Å². The normalized spacial score (nSPS) is 11.8. The number of hydrogen-bond acceptors (Lipinski definition) is 2. The molecule has 0 amide bonds. The van der Waals surface area contributed by atoms with Crippen LogP contribution in [0.25, 0.3) is 0 Å². The van der Waals surface area contributed by atoms with Gasteiger partial charge in [-0.3, -0.25) is 0 Å². The van der Waals surface area contributed by atoms with Crippen molar-refractivity contribution in [2.24, 2.45) is 0 Å². The summed E-state index contributed by atoms with van der Waals surface area (Å²) < 4.78 is 0. The lowest BCUT2D eigenvalue weighted by Gasteiger charge is -2.14. The van der Waals surface area contributed by atoms with E-state index in [-0.39, 0.29) is 5.41 Å². The van der Waals surface area contributed by atoms with Crippen LogP contribution in [0.5, 0.6) is 0 Å². The molecule has 2 rings (SSSR count). The van der Waals surface area contributed by atoms with Gasteiger partial charge in [-0.05, 0) is 11.6 Å². The molecule has 0 aliphatic rings. The first kappa shape index (κ1) is 12.6. The summed E-state index contributed by atoms with van der Waals surface area (Å²) in [5.74, 6) is 0. The van der Waals surface area contributed by atoms with E-state index in [0.717, 1.165) is 27.7 Å². The van der Waals surface area contributed by atoms with Crippen LogP contribution in [0.1, 0.15) is 37.0 Å². The molecule has 0 aliphatic heterocycles. The second-order valence-electron chi connectivity index (χ2n) is 5.14. The first-order chi connectivity index (χ1) is 7.97. The van der Waals surface area contributed by atoms with Crippen molar-refractivity contribution in [3.05, 3.63) is 50.9 Å². The van der Waals surface area contributed by atoms with Gasteiger partial charge in [0.2, 0.25) is 0 Å². The van der Waals surface area contributed by atoms with Crippen LogP contribution in [0, 0.1) is 0 Å². The second-order valence-corrected chi connectivity index (χ2v) is 6.49.